The first-order valence-electron chi connectivity index (χ1n) is 9.62. The van der Waals surface area contributed by atoms with E-state index in [1.807, 2.05) is 6.33 Å². The highest BCUT2D eigenvalue weighted by molar-refractivity contribution is 6.74. The van der Waals surface area contributed by atoms with Gasteiger partial charge in [-0.1, -0.05) is 32.4 Å². The van der Waals surface area contributed by atoms with E-state index in [-0.39, 0.29) is 5.04 Å². The summed E-state index contributed by atoms with van der Waals surface area (Å²) >= 11 is 6.16. The summed E-state index contributed by atoms with van der Waals surface area (Å²) < 4.78 is 8.67. The van der Waals surface area contributed by atoms with E-state index >= 15 is 0 Å². The van der Waals surface area contributed by atoms with Gasteiger partial charge in [0.1, 0.15) is 11.8 Å². The molecule has 0 radical (unpaired) electrons. The third-order valence-electron chi connectivity index (χ3n) is 7.20. The summed E-state index contributed by atoms with van der Waals surface area (Å²) in [6.45, 7) is 12.5. The third-order valence-corrected chi connectivity index (χ3v) is 12.0. The molecule has 0 amide bonds. The van der Waals surface area contributed by atoms with Gasteiger partial charge in [-0.2, -0.15) is 0 Å². The van der Waals surface area contributed by atoms with Gasteiger partial charge in [0, 0.05) is 12.6 Å². The molecule has 26 heavy (non-hydrogen) atoms. The van der Waals surface area contributed by atoms with Gasteiger partial charge in [0.2, 0.25) is 0 Å². The van der Waals surface area contributed by atoms with E-state index in [9.17, 15) is 0 Å². The average Bonchev–Trinajstić information content (AvgIpc) is 2.91. The van der Waals surface area contributed by atoms with Crippen LogP contribution in [0.5, 0.6) is 0 Å². The van der Waals surface area contributed by atoms with Gasteiger partial charge in [-0.05, 0) is 55.1 Å². The van der Waals surface area contributed by atoms with Crippen LogP contribution in [0, 0.1) is 11.3 Å². The Morgan fingerprint density at radius 3 is 2.77 bits per heavy atom. The van der Waals surface area contributed by atoms with Crippen LogP contribution in [0.2, 0.25) is 23.3 Å². The molecule has 0 N–H and O–H groups in total. The highest BCUT2D eigenvalue weighted by atomic mass is 35.5. The highest BCUT2D eigenvalue weighted by Gasteiger charge is 2.61. The average molecular weight is 393 g/mol. The molecule has 2 aliphatic carbocycles. The third kappa shape index (κ3) is 2.90. The Hall–Kier alpha value is -0.983. The molecule has 2 fully saturated rings. The number of imidazole rings is 1. The molecule has 2 aromatic rings. The zero-order valence-electron chi connectivity index (χ0n) is 16.4. The highest BCUT2D eigenvalue weighted by Crippen LogP contribution is 2.69. The van der Waals surface area contributed by atoms with Crippen LogP contribution in [0.3, 0.4) is 0 Å². The maximum atomic E-state index is 6.44. The standard InChI is InChI=1S/C19H29ClN4OSi/c1-18(2,3)26(4,5)25-9-8-19-7-6-14(13(19)10-19)24-12-23-15-16(20)21-11-22-17(15)24/h11-14H,6-10H2,1-5H3/t13?,14-,19-/m0/s1. The second-order valence-corrected chi connectivity index (χ2v) is 14.8. The Kier molecular flexibility index (Phi) is 4.25. The molecular formula is C19H29ClN4OSi. The first-order chi connectivity index (χ1) is 12.1. The Morgan fingerprint density at radius 2 is 2.08 bits per heavy atom. The van der Waals surface area contributed by atoms with Gasteiger partial charge in [0.15, 0.2) is 19.1 Å². The van der Waals surface area contributed by atoms with Crippen molar-refractivity contribution in [2.45, 2.75) is 70.6 Å². The normalized spacial score (nSPS) is 28.5. The van der Waals surface area contributed by atoms with E-state index in [4.69, 9.17) is 16.0 Å². The Bertz CT molecular complexity index is 831. The van der Waals surface area contributed by atoms with Crippen LogP contribution in [0.1, 0.15) is 52.5 Å². The lowest BCUT2D eigenvalue weighted by Gasteiger charge is -2.36. The fraction of sp³-hybridized carbons (Fsp3) is 0.737. The molecule has 142 valence electrons. The summed E-state index contributed by atoms with van der Waals surface area (Å²) in [5.41, 5.74) is 2.06. The summed E-state index contributed by atoms with van der Waals surface area (Å²) in [5, 5.41) is 0.720. The summed E-state index contributed by atoms with van der Waals surface area (Å²) in [5.74, 6) is 0.719. The van der Waals surface area contributed by atoms with Crippen molar-refractivity contribution in [3.63, 3.8) is 0 Å². The minimum absolute atomic E-state index is 0.278. The van der Waals surface area contributed by atoms with E-state index in [0.29, 0.717) is 22.1 Å². The number of hydrogen-bond acceptors (Lipinski definition) is 4. The molecule has 0 aliphatic heterocycles. The van der Waals surface area contributed by atoms with Crippen molar-refractivity contribution in [2.24, 2.45) is 11.3 Å². The largest absolute Gasteiger partial charge is 0.417 e. The molecule has 7 heteroatoms. The molecule has 5 nitrogen and oxygen atoms in total. The number of aromatic nitrogens is 4. The molecule has 2 saturated carbocycles. The zero-order valence-corrected chi connectivity index (χ0v) is 18.2. The van der Waals surface area contributed by atoms with Crippen molar-refractivity contribution in [1.29, 1.82) is 0 Å². The van der Waals surface area contributed by atoms with Crippen LogP contribution in [-0.4, -0.2) is 34.4 Å². The molecule has 0 bridgehead atoms. The fourth-order valence-corrected chi connectivity index (χ4v) is 5.61. The van der Waals surface area contributed by atoms with Crippen LogP contribution >= 0.6 is 11.6 Å². The SMILES string of the molecule is CC(C)(C)[Si](C)(C)OCC[C@]12CC[C@H](n3cnc4c(Cl)ncnc43)C1C2. The number of halogens is 1. The lowest BCUT2D eigenvalue weighted by molar-refractivity contribution is 0.243. The molecule has 3 atom stereocenters. The van der Waals surface area contributed by atoms with Crippen molar-refractivity contribution in [2.75, 3.05) is 6.61 Å². The monoisotopic (exact) mass is 392 g/mol. The fourth-order valence-electron chi connectivity index (χ4n) is 4.38. The number of nitrogens with zero attached hydrogens (tertiary/aromatic N) is 4. The quantitative estimate of drug-likeness (QED) is 0.516. The number of fused-ring (bicyclic) bond motifs is 2. The van der Waals surface area contributed by atoms with Crippen molar-refractivity contribution < 1.29 is 4.43 Å². The minimum Gasteiger partial charge on any atom is -0.417 e. The molecular weight excluding hydrogens is 364 g/mol. The molecule has 0 spiro atoms. The lowest BCUT2D eigenvalue weighted by atomic mass is 10.0. The van der Waals surface area contributed by atoms with Gasteiger partial charge in [0.05, 0.1) is 6.33 Å². The molecule has 2 heterocycles. The van der Waals surface area contributed by atoms with Crippen molar-refractivity contribution in [3.8, 4) is 0 Å². The maximum absolute atomic E-state index is 6.44. The van der Waals surface area contributed by atoms with Gasteiger partial charge < -0.3 is 8.99 Å². The summed E-state index contributed by atoms with van der Waals surface area (Å²) in [6, 6.07) is 0.485. The van der Waals surface area contributed by atoms with Gasteiger partial charge in [-0.25, -0.2) is 15.0 Å². The topological polar surface area (TPSA) is 52.8 Å². The van der Waals surface area contributed by atoms with Gasteiger partial charge in [-0.3, -0.25) is 0 Å². The zero-order chi connectivity index (χ0) is 18.7. The summed E-state index contributed by atoms with van der Waals surface area (Å²) in [6.07, 6.45) is 8.39. The molecule has 2 aromatic heterocycles. The second-order valence-electron chi connectivity index (χ2n) is 9.63. The van der Waals surface area contributed by atoms with E-state index in [1.165, 1.54) is 32.0 Å². The van der Waals surface area contributed by atoms with Crippen LogP contribution < -0.4 is 0 Å². The number of hydrogen-bond donors (Lipinski definition) is 0. The lowest BCUT2D eigenvalue weighted by Crippen LogP contribution is -2.41. The molecule has 2 aliphatic rings. The second kappa shape index (κ2) is 6.01. The van der Waals surface area contributed by atoms with E-state index < -0.39 is 8.32 Å². The van der Waals surface area contributed by atoms with E-state index in [0.717, 1.165) is 18.2 Å². The predicted octanol–water partition coefficient (Wildman–Crippen LogP) is 5.23. The molecule has 0 saturated heterocycles. The predicted molar refractivity (Wildman–Crippen MR) is 107 cm³/mol. The first kappa shape index (κ1) is 18.4. The van der Waals surface area contributed by atoms with Crippen molar-refractivity contribution in [3.05, 3.63) is 17.8 Å². The first-order valence-corrected chi connectivity index (χ1v) is 12.9. The van der Waals surface area contributed by atoms with Crippen molar-refractivity contribution in [1.82, 2.24) is 19.5 Å². The van der Waals surface area contributed by atoms with Gasteiger partial charge in [-0.15, -0.1) is 0 Å². The minimum atomic E-state index is -1.65. The summed E-state index contributed by atoms with van der Waals surface area (Å²) in [7, 11) is -1.65. The molecule has 4 rings (SSSR count). The molecule has 0 aromatic carbocycles. The maximum Gasteiger partial charge on any atom is 0.191 e. The Balaban J connectivity index is 1.43. The van der Waals surface area contributed by atoms with Crippen molar-refractivity contribution >= 4 is 31.1 Å². The van der Waals surface area contributed by atoms with Crippen LogP contribution in [-0.2, 0) is 4.43 Å². The smallest absolute Gasteiger partial charge is 0.191 e. The van der Waals surface area contributed by atoms with Crippen LogP contribution in [0.25, 0.3) is 11.2 Å². The molecule has 1 unspecified atom stereocenters. The number of rotatable bonds is 5. The van der Waals surface area contributed by atoms with Crippen LogP contribution in [0.4, 0.5) is 0 Å². The Labute approximate surface area is 161 Å². The van der Waals surface area contributed by atoms with Crippen LogP contribution in [0.15, 0.2) is 12.7 Å². The summed E-state index contributed by atoms with van der Waals surface area (Å²) in [4.78, 5) is 12.9. The van der Waals surface area contributed by atoms with Gasteiger partial charge >= 0.3 is 0 Å². The Morgan fingerprint density at radius 1 is 1.31 bits per heavy atom. The van der Waals surface area contributed by atoms with E-state index in [1.54, 1.807) is 0 Å². The van der Waals surface area contributed by atoms with Gasteiger partial charge in [0.25, 0.3) is 0 Å². The van der Waals surface area contributed by atoms with E-state index in [2.05, 4.69) is 53.4 Å².